The minimum absolute atomic E-state index is 0.447. The topological polar surface area (TPSA) is 54.3 Å². The van der Waals surface area contributed by atoms with Crippen molar-refractivity contribution in [3.05, 3.63) is 54.1 Å². The molecule has 0 spiro atoms. The number of nitrogens with one attached hydrogen (secondary N) is 1. The van der Waals surface area contributed by atoms with Gasteiger partial charge in [-0.15, -0.1) is 0 Å². The van der Waals surface area contributed by atoms with Gasteiger partial charge in [-0.3, -0.25) is 0 Å². The van der Waals surface area contributed by atoms with Crippen LogP contribution in [0.2, 0.25) is 0 Å². The molecule has 1 unspecified atom stereocenters. The summed E-state index contributed by atoms with van der Waals surface area (Å²) in [4.78, 5) is 0. The number of benzene rings is 2. The average Bonchev–Trinajstić information content (AvgIpc) is 2.54. The highest BCUT2D eigenvalue weighted by Crippen LogP contribution is 2.28. The minimum atomic E-state index is -0.447. The number of anilines is 1. The van der Waals surface area contributed by atoms with Crippen LogP contribution in [-0.4, -0.2) is 13.7 Å². The van der Waals surface area contributed by atoms with Gasteiger partial charge in [0.25, 0.3) is 0 Å². The van der Waals surface area contributed by atoms with Crippen molar-refractivity contribution in [2.75, 3.05) is 19.0 Å². The normalized spacial score (nSPS) is 11.3. The van der Waals surface area contributed by atoms with Crippen molar-refractivity contribution in [3.8, 4) is 17.6 Å². The summed E-state index contributed by atoms with van der Waals surface area (Å²) in [7, 11) is 1.61. The van der Waals surface area contributed by atoms with E-state index in [4.69, 9.17) is 9.47 Å². The minimum Gasteiger partial charge on any atom is -0.495 e. The van der Waals surface area contributed by atoms with Crippen molar-refractivity contribution in [2.24, 2.45) is 0 Å². The van der Waals surface area contributed by atoms with Gasteiger partial charge in [0.15, 0.2) is 0 Å². The molecule has 0 saturated heterocycles. The largest absolute Gasteiger partial charge is 0.495 e. The van der Waals surface area contributed by atoms with Crippen LogP contribution in [-0.2, 0) is 0 Å². The van der Waals surface area contributed by atoms with Crippen molar-refractivity contribution in [1.82, 2.24) is 0 Å². The van der Waals surface area contributed by atoms with E-state index in [-0.39, 0.29) is 0 Å². The first-order valence-electron chi connectivity index (χ1n) is 6.80. The molecule has 4 heteroatoms. The summed E-state index contributed by atoms with van der Waals surface area (Å²) in [6.07, 6.45) is 0. The Kier molecular flexibility index (Phi) is 5.05. The number of methoxy groups -OCH3 is 1. The Balaban J connectivity index is 2.18. The third-order valence-corrected chi connectivity index (χ3v) is 3.06. The van der Waals surface area contributed by atoms with Gasteiger partial charge in [0.2, 0.25) is 0 Å². The number of nitriles is 1. The second kappa shape index (κ2) is 7.20. The molecule has 0 bridgehead atoms. The molecule has 0 amide bonds. The second-order valence-corrected chi connectivity index (χ2v) is 4.41. The summed E-state index contributed by atoms with van der Waals surface area (Å²) in [6.45, 7) is 2.57. The molecular formula is C17H18N2O2. The molecule has 4 nitrogen and oxygen atoms in total. The van der Waals surface area contributed by atoms with Crippen LogP contribution in [0.15, 0.2) is 48.5 Å². The summed E-state index contributed by atoms with van der Waals surface area (Å²) in [6, 6.07) is 16.9. The third kappa shape index (κ3) is 3.67. The van der Waals surface area contributed by atoms with Gasteiger partial charge in [-0.1, -0.05) is 24.3 Å². The zero-order valence-electron chi connectivity index (χ0n) is 12.2. The fraction of sp³-hybridized carbons (Fsp3) is 0.235. The van der Waals surface area contributed by atoms with Crippen LogP contribution < -0.4 is 14.8 Å². The maximum absolute atomic E-state index is 9.39. The van der Waals surface area contributed by atoms with Crippen LogP contribution in [0, 0.1) is 11.3 Å². The summed E-state index contributed by atoms with van der Waals surface area (Å²) in [5.74, 6) is 1.51. The highest BCUT2D eigenvalue weighted by atomic mass is 16.5. The zero-order valence-corrected chi connectivity index (χ0v) is 12.2. The van der Waals surface area contributed by atoms with Crippen molar-refractivity contribution >= 4 is 5.69 Å². The fourth-order valence-corrected chi connectivity index (χ4v) is 2.03. The molecule has 1 N–H and O–H groups in total. The second-order valence-electron chi connectivity index (χ2n) is 4.41. The van der Waals surface area contributed by atoms with E-state index in [1.165, 1.54) is 0 Å². The van der Waals surface area contributed by atoms with E-state index in [9.17, 15) is 5.26 Å². The predicted molar refractivity (Wildman–Crippen MR) is 82.6 cm³/mol. The first-order chi connectivity index (χ1) is 10.3. The van der Waals surface area contributed by atoms with Gasteiger partial charge < -0.3 is 14.8 Å². The number of rotatable bonds is 6. The lowest BCUT2D eigenvalue weighted by Crippen LogP contribution is -2.09. The van der Waals surface area contributed by atoms with Crippen LogP contribution >= 0.6 is 0 Å². The maximum atomic E-state index is 9.39. The van der Waals surface area contributed by atoms with Gasteiger partial charge >= 0.3 is 0 Å². The molecule has 2 rings (SSSR count). The van der Waals surface area contributed by atoms with Crippen LogP contribution in [0.4, 0.5) is 5.69 Å². The Labute approximate surface area is 124 Å². The predicted octanol–water partition coefficient (Wildman–Crippen LogP) is 3.77. The quantitative estimate of drug-likeness (QED) is 0.876. The Bertz CT molecular complexity index is 617. The van der Waals surface area contributed by atoms with Crippen LogP contribution in [0.5, 0.6) is 11.5 Å². The van der Waals surface area contributed by atoms with Gasteiger partial charge in [-0.2, -0.15) is 5.26 Å². The summed E-state index contributed by atoms with van der Waals surface area (Å²) in [5, 5.41) is 12.6. The van der Waals surface area contributed by atoms with Crippen LogP contribution in [0.25, 0.3) is 0 Å². The standard InChI is InChI=1S/C17H18N2O2/c1-3-21-14-10-8-13(9-11-14)16(12-18)19-15-6-4-5-7-17(15)20-2/h4-11,16,19H,3H2,1-2H3. The highest BCUT2D eigenvalue weighted by molar-refractivity contribution is 5.58. The lowest BCUT2D eigenvalue weighted by molar-refractivity contribution is 0.340. The molecule has 0 aliphatic carbocycles. The molecule has 0 fully saturated rings. The monoisotopic (exact) mass is 282 g/mol. The van der Waals surface area contributed by atoms with E-state index < -0.39 is 6.04 Å². The highest BCUT2D eigenvalue weighted by Gasteiger charge is 2.12. The Morgan fingerprint density at radius 3 is 2.48 bits per heavy atom. The van der Waals surface area contributed by atoms with E-state index in [0.29, 0.717) is 12.4 Å². The lowest BCUT2D eigenvalue weighted by Gasteiger charge is -2.16. The summed E-state index contributed by atoms with van der Waals surface area (Å²) >= 11 is 0. The number of para-hydroxylation sites is 2. The van der Waals surface area contributed by atoms with E-state index >= 15 is 0 Å². The van der Waals surface area contributed by atoms with Crippen LogP contribution in [0.3, 0.4) is 0 Å². The molecule has 0 saturated carbocycles. The van der Waals surface area contributed by atoms with Crippen molar-refractivity contribution in [1.29, 1.82) is 5.26 Å². The first kappa shape index (κ1) is 14.7. The third-order valence-electron chi connectivity index (χ3n) is 3.06. The fourth-order valence-electron chi connectivity index (χ4n) is 2.03. The molecule has 0 aliphatic rings. The van der Waals surface area contributed by atoms with Gasteiger partial charge in [0, 0.05) is 0 Å². The molecule has 0 aliphatic heterocycles. The van der Waals surface area contributed by atoms with E-state index in [2.05, 4.69) is 11.4 Å². The first-order valence-corrected chi connectivity index (χ1v) is 6.80. The van der Waals surface area contributed by atoms with Crippen molar-refractivity contribution in [3.63, 3.8) is 0 Å². The molecule has 108 valence electrons. The molecule has 0 radical (unpaired) electrons. The lowest BCUT2D eigenvalue weighted by atomic mass is 10.1. The summed E-state index contributed by atoms with van der Waals surface area (Å²) < 4.78 is 10.7. The number of hydrogen-bond donors (Lipinski definition) is 1. The van der Waals surface area contributed by atoms with Gasteiger partial charge in [-0.25, -0.2) is 0 Å². The molecule has 2 aromatic rings. The number of hydrogen-bond acceptors (Lipinski definition) is 4. The number of ether oxygens (including phenoxy) is 2. The molecule has 2 aromatic carbocycles. The van der Waals surface area contributed by atoms with Crippen LogP contribution in [0.1, 0.15) is 18.5 Å². The average molecular weight is 282 g/mol. The molecule has 0 heterocycles. The zero-order chi connectivity index (χ0) is 15.1. The summed E-state index contributed by atoms with van der Waals surface area (Å²) in [5.41, 5.74) is 1.67. The molecule has 1 atom stereocenters. The van der Waals surface area contributed by atoms with E-state index in [1.807, 2.05) is 55.5 Å². The molecule has 21 heavy (non-hydrogen) atoms. The Morgan fingerprint density at radius 2 is 1.86 bits per heavy atom. The van der Waals surface area contributed by atoms with E-state index in [1.54, 1.807) is 7.11 Å². The van der Waals surface area contributed by atoms with Crippen molar-refractivity contribution in [2.45, 2.75) is 13.0 Å². The number of nitrogens with zero attached hydrogens (tertiary/aromatic N) is 1. The maximum Gasteiger partial charge on any atom is 0.141 e. The van der Waals surface area contributed by atoms with Crippen molar-refractivity contribution < 1.29 is 9.47 Å². The Hall–Kier alpha value is -2.67. The SMILES string of the molecule is CCOc1ccc(C(C#N)Nc2ccccc2OC)cc1. The molecular weight excluding hydrogens is 264 g/mol. The van der Waals surface area contributed by atoms with E-state index in [0.717, 1.165) is 17.0 Å². The molecule has 0 aromatic heterocycles. The van der Waals surface area contributed by atoms with Gasteiger partial charge in [0.1, 0.15) is 17.5 Å². The Morgan fingerprint density at radius 1 is 1.14 bits per heavy atom. The smallest absolute Gasteiger partial charge is 0.141 e. The van der Waals surface area contributed by atoms with Gasteiger partial charge in [0.05, 0.1) is 25.5 Å². The van der Waals surface area contributed by atoms with Gasteiger partial charge in [-0.05, 0) is 36.8 Å².